The Bertz CT molecular complexity index is 2620. The summed E-state index contributed by atoms with van der Waals surface area (Å²) in [7, 11) is 28.9. The first-order valence-electron chi connectivity index (χ1n) is 59.5. The molecule has 0 N–H and O–H groups in total. The van der Waals surface area contributed by atoms with Crippen LogP contribution < -0.4 is 40.6 Å². The van der Waals surface area contributed by atoms with Crippen molar-refractivity contribution in [1.29, 1.82) is 0 Å². The van der Waals surface area contributed by atoms with E-state index in [1.807, 2.05) is 0 Å². The molecule has 12 heterocycles. The average molecular weight is 2840 g/mol. The number of hydrogen-bond acceptors (Lipinski definition) is 18. The van der Waals surface area contributed by atoms with Gasteiger partial charge in [0.1, 0.15) is 0 Å². The van der Waals surface area contributed by atoms with Crippen molar-refractivity contribution in [3.8, 4) is 0 Å². The Morgan fingerprint density at radius 3 is 0.207 bits per heavy atom. The summed E-state index contributed by atoms with van der Waals surface area (Å²) in [6.07, 6.45) is 68.2. The Kier molecular flexibility index (Phi) is 98.4. The molecule has 0 aromatic carbocycles. The molecule has 0 bridgehead atoms. The van der Waals surface area contributed by atoms with Crippen molar-refractivity contribution in [2.75, 3.05) is 320 Å². The molecular weight excluding hydrogens is 2600 g/mol. The van der Waals surface area contributed by atoms with Crippen LogP contribution in [-0.4, -0.2) is 495 Å². The molecule has 0 amide bonds. The molecule has 0 radical (unpaired) electrons. The van der Waals surface area contributed by atoms with Crippen LogP contribution in [0.1, 0.15) is 391 Å². The Labute approximate surface area is 952 Å². The van der Waals surface area contributed by atoms with Crippen LogP contribution in [0.25, 0.3) is 0 Å². The summed E-state index contributed by atoms with van der Waals surface area (Å²) >= 11 is -38.1. The van der Waals surface area contributed by atoms with Gasteiger partial charge in [-0.25, -0.2) is 0 Å². The molecule has 12 aliphatic heterocycles. The summed E-state index contributed by atoms with van der Waals surface area (Å²) in [6.45, 7) is 78.7. The summed E-state index contributed by atoms with van der Waals surface area (Å²) < 4.78 is 231. The van der Waals surface area contributed by atoms with E-state index >= 15 is 0 Å². The predicted octanol–water partition coefficient (Wildman–Crippen LogP) is 9.58. The van der Waals surface area contributed by atoms with Crippen LogP contribution in [0, 0.1) is 0 Å². The molecule has 30 nitrogen and oxygen atoms in total. The van der Waals surface area contributed by atoms with E-state index in [2.05, 4.69) is 168 Å². The van der Waals surface area contributed by atoms with E-state index in [9.17, 15) is 16.9 Å². The third kappa shape index (κ3) is 116. The SMILES string of the molecule is CCCC[N+]1(C)CCCC1.CCCC[N+]1(C)CCCC1.CCCC[N+]1(C)CCCC1.CCCC[N+]1(C)CCCC1.CCCC[N+]1(C)CCCC1.CCCC[N+]1(C)CCCC1.CCCC[N+]1(C)CCCC1.CCCC[N+]1(C)CCCC1.CCCC[N+]1(C)CCCC1.CCCC[N+]1(C)CCCC1.CCCC[N+]1(C)CCCC1.CCCC[N+]1(C)CCCC1.[O]=[Sb]([O-])([O-])[F].[O]=[Sb]([O-])([O-])[F].[O]=[Sb]([O-])([O-])[F].[O]=[Sb]([O-])([O-])[F].[O]=[Sb]([O-])([O-])[F].[O]=[Sb]([O-])([O-])[F]. The van der Waals surface area contributed by atoms with Gasteiger partial charge >= 0.3 is 197 Å². The predicted molar refractivity (Wildman–Crippen MR) is 584 cm³/mol. The van der Waals surface area contributed by atoms with Crippen LogP contribution in [0.4, 0.5) is 16.9 Å². The third-order valence-electron chi connectivity index (χ3n) is 32.4. The molecule has 0 aromatic heterocycles. The summed E-state index contributed by atoms with van der Waals surface area (Å²) in [5.74, 6) is 0. The Hall–Kier alpha value is 2.33. The van der Waals surface area contributed by atoms with E-state index in [1.54, 1.807) is 0 Å². The Morgan fingerprint density at radius 1 is 0.133 bits per heavy atom. The second-order valence-corrected chi connectivity index (χ2v) is 63.5. The molecule has 912 valence electrons. The first-order chi connectivity index (χ1) is 69.2. The zero-order chi connectivity index (χ0) is 116. The number of unbranched alkanes of at least 4 members (excludes halogenated alkanes) is 12. The van der Waals surface area contributed by atoms with Crippen molar-refractivity contribution >= 4 is 121 Å². The van der Waals surface area contributed by atoms with Crippen molar-refractivity contribution in [3.63, 3.8) is 0 Å². The molecule has 150 heavy (non-hydrogen) atoms. The topological polar surface area (TPSA) is 379 Å². The van der Waals surface area contributed by atoms with Crippen molar-refractivity contribution in [3.05, 3.63) is 0 Å². The van der Waals surface area contributed by atoms with Gasteiger partial charge in [0, 0.05) is 154 Å². The monoisotopic (exact) mass is 2830 g/mol. The minimum absolute atomic E-state index is 1.36. The van der Waals surface area contributed by atoms with E-state index in [4.69, 9.17) is 58.7 Å². The van der Waals surface area contributed by atoms with Gasteiger partial charge in [0.15, 0.2) is 0 Å². The van der Waals surface area contributed by atoms with Crippen LogP contribution in [0.3, 0.4) is 0 Å². The maximum atomic E-state index is 10.2. The van der Waals surface area contributed by atoms with E-state index in [0.29, 0.717) is 0 Å². The average Bonchev–Trinajstić information content (AvgIpc) is 1.83. The number of hydrogen-bond donors (Lipinski definition) is 0. The quantitative estimate of drug-likeness (QED) is 0.0320. The first-order valence-corrected chi connectivity index (χ1v) is 84.1. The van der Waals surface area contributed by atoms with E-state index < -0.39 is 121 Å². The molecule has 42 heteroatoms. The van der Waals surface area contributed by atoms with Gasteiger partial charge in [-0.3, -0.25) is 0 Å². The molecule has 0 aliphatic carbocycles. The normalized spacial score (nSPS) is 21.1. The summed E-state index contributed by atoms with van der Waals surface area (Å²) in [6, 6.07) is 0. The Morgan fingerprint density at radius 2 is 0.173 bits per heavy atom. The number of rotatable bonds is 36. The fourth-order valence-electron chi connectivity index (χ4n) is 22.3. The van der Waals surface area contributed by atoms with Crippen LogP contribution in [-0.2, 0) is 18.1 Å². The second-order valence-electron chi connectivity index (χ2n) is 48.8. The van der Waals surface area contributed by atoms with Gasteiger partial charge in [-0.15, -0.1) is 0 Å². The second kappa shape index (κ2) is 90.6. The molecular formula is C108H240F6N12O18Sb6. The molecule has 0 atom stereocenters. The van der Waals surface area contributed by atoms with Gasteiger partial charge in [0.25, 0.3) is 0 Å². The van der Waals surface area contributed by atoms with Crippen molar-refractivity contribution in [2.24, 2.45) is 0 Å². The first kappa shape index (κ1) is 163. The van der Waals surface area contributed by atoms with Gasteiger partial charge < -0.3 is 53.8 Å². The minimum atomic E-state index is -6.35. The third-order valence-corrected chi connectivity index (χ3v) is 32.4. The van der Waals surface area contributed by atoms with E-state index in [-0.39, 0.29) is 0 Å². The van der Waals surface area contributed by atoms with Gasteiger partial charge in [0.05, 0.1) is 320 Å². The molecule has 0 saturated carbocycles. The van der Waals surface area contributed by atoms with Gasteiger partial charge in [0.2, 0.25) is 0 Å². The Balaban J connectivity index is -0.000000368. The van der Waals surface area contributed by atoms with Crippen LogP contribution in [0.15, 0.2) is 0 Å². The van der Waals surface area contributed by atoms with E-state index in [1.165, 1.54) is 598 Å². The van der Waals surface area contributed by atoms with Crippen LogP contribution >= 0.6 is 0 Å². The number of halogens is 6. The zero-order valence-electron chi connectivity index (χ0n) is 101. The number of likely N-dealkylation sites (tertiary alicyclic amines) is 12. The fraction of sp³-hybridized carbons (Fsp3) is 1.00. The summed E-state index contributed by atoms with van der Waals surface area (Å²) in [5, 5.41) is 0. The van der Waals surface area contributed by atoms with Crippen molar-refractivity contribution in [2.45, 2.75) is 391 Å². The van der Waals surface area contributed by atoms with Gasteiger partial charge in [-0.05, 0) is 77.0 Å². The molecule has 12 aliphatic rings. The number of quaternary nitrogens is 12. The molecule has 12 fully saturated rings. The summed E-state index contributed by atoms with van der Waals surface area (Å²) in [5.41, 5.74) is 0. The number of nitrogens with zero attached hydrogens (tertiary/aromatic N) is 12. The maximum absolute atomic E-state index is 10.2. The van der Waals surface area contributed by atoms with Crippen molar-refractivity contribution < 1.29 is 129 Å². The molecule has 12 rings (SSSR count). The molecule has 0 aromatic rings. The van der Waals surface area contributed by atoms with E-state index in [0.717, 1.165) is 0 Å². The van der Waals surface area contributed by atoms with Gasteiger partial charge in [-0.1, -0.05) is 160 Å². The molecule has 0 unspecified atom stereocenters. The van der Waals surface area contributed by atoms with Crippen molar-refractivity contribution in [1.82, 2.24) is 0 Å². The van der Waals surface area contributed by atoms with Crippen LogP contribution in [0.5, 0.6) is 0 Å². The summed E-state index contributed by atoms with van der Waals surface area (Å²) in [4.78, 5) is 0. The molecule has 0 spiro atoms. The zero-order valence-corrected chi connectivity index (χ0v) is 116. The fourth-order valence-corrected chi connectivity index (χ4v) is 22.3. The van der Waals surface area contributed by atoms with Crippen LogP contribution in [0.2, 0.25) is 0 Å². The standard InChI is InChI=1S/12C9H20N.6FH.18O.6Sb/c12*1-3-4-7-10(2)8-5-6-9-10;;;;;;;;;;;;;;;;;;;;;;;;;;;;;;/h12*3-9H2,1-2H3;6*1H;;;;;;;;;;;;;;;;;;;;;;;;/q12*+1;;;;;;;;;;;;;12*-1;6*+1/p-6. The van der Waals surface area contributed by atoms with Gasteiger partial charge in [-0.2, -0.15) is 0 Å². The molecule has 12 saturated heterocycles.